The smallest absolute Gasteiger partial charge is 0.358 e. The SMILES string of the molecule is COC(=O)c1c(OC)c(-c2cn(C)c(C(=O)OC)c2OC)cn1C. The third-order valence-electron chi connectivity index (χ3n) is 3.73. The highest BCUT2D eigenvalue weighted by molar-refractivity contribution is 5.98. The van der Waals surface area contributed by atoms with E-state index in [4.69, 9.17) is 18.9 Å². The monoisotopic (exact) mass is 336 g/mol. The fourth-order valence-corrected chi connectivity index (χ4v) is 2.67. The van der Waals surface area contributed by atoms with E-state index in [0.29, 0.717) is 22.6 Å². The fraction of sp³-hybridized carbons (Fsp3) is 0.375. The first-order chi connectivity index (χ1) is 11.4. The number of methoxy groups -OCH3 is 4. The normalized spacial score (nSPS) is 10.4. The number of esters is 2. The molecule has 0 saturated heterocycles. The average molecular weight is 336 g/mol. The molecular weight excluding hydrogens is 316 g/mol. The second-order valence-electron chi connectivity index (χ2n) is 5.05. The van der Waals surface area contributed by atoms with E-state index in [-0.39, 0.29) is 11.4 Å². The number of carbonyl (C=O) groups excluding carboxylic acids is 2. The molecule has 0 unspecified atom stereocenters. The van der Waals surface area contributed by atoms with Crippen LogP contribution in [-0.4, -0.2) is 49.5 Å². The molecule has 0 bridgehead atoms. The molecule has 0 aromatic carbocycles. The molecule has 0 aliphatic heterocycles. The van der Waals surface area contributed by atoms with Crippen LogP contribution in [0.1, 0.15) is 21.0 Å². The lowest BCUT2D eigenvalue weighted by Gasteiger charge is -2.07. The van der Waals surface area contributed by atoms with Gasteiger partial charge in [0.05, 0.1) is 28.4 Å². The van der Waals surface area contributed by atoms with E-state index >= 15 is 0 Å². The number of carbonyl (C=O) groups is 2. The minimum atomic E-state index is -0.524. The molecule has 2 aromatic rings. The highest BCUT2D eigenvalue weighted by Gasteiger charge is 2.29. The van der Waals surface area contributed by atoms with Gasteiger partial charge in [-0.1, -0.05) is 0 Å². The van der Waals surface area contributed by atoms with Crippen LogP contribution in [0.25, 0.3) is 11.1 Å². The molecule has 2 rings (SSSR count). The Bertz CT molecular complexity index is 721. The molecule has 0 radical (unpaired) electrons. The van der Waals surface area contributed by atoms with Crippen LogP contribution in [-0.2, 0) is 23.6 Å². The van der Waals surface area contributed by atoms with Crippen molar-refractivity contribution in [2.75, 3.05) is 28.4 Å². The summed E-state index contributed by atoms with van der Waals surface area (Å²) in [5, 5.41) is 0. The Kier molecular flexibility index (Phi) is 4.87. The summed E-state index contributed by atoms with van der Waals surface area (Å²) in [6.07, 6.45) is 3.42. The molecule has 24 heavy (non-hydrogen) atoms. The van der Waals surface area contributed by atoms with Crippen LogP contribution in [0, 0.1) is 0 Å². The molecule has 130 valence electrons. The van der Waals surface area contributed by atoms with Gasteiger partial charge in [-0.05, 0) is 0 Å². The molecule has 0 aliphatic rings. The first-order valence-electron chi connectivity index (χ1n) is 7.04. The number of ether oxygens (including phenoxy) is 4. The van der Waals surface area contributed by atoms with E-state index in [9.17, 15) is 9.59 Å². The highest BCUT2D eigenvalue weighted by Crippen LogP contribution is 2.42. The lowest BCUT2D eigenvalue weighted by Crippen LogP contribution is -2.08. The van der Waals surface area contributed by atoms with Gasteiger partial charge in [-0.15, -0.1) is 0 Å². The van der Waals surface area contributed by atoms with Crippen molar-refractivity contribution in [3.8, 4) is 22.6 Å². The topological polar surface area (TPSA) is 80.9 Å². The molecule has 2 aromatic heterocycles. The van der Waals surface area contributed by atoms with E-state index in [1.807, 2.05) is 0 Å². The third-order valence-corrected chi connectivity index (χ3v) is 3.73. The molecule has 0 N–H and O–H groups in total. The van der Waals surface area contributed by atoms with E-state index in [0.717, 1.165) is 0 Å². The Morgan fingerprint density at radius 3 is 1.33 bits per heavy atom. The van der Waals surface area contributed by atoms with Gasteiger partial charge in [-0.25, -0.2) is 9.59 Å². The predicted octanol–water partition coefficient (Wildman–Crippen LogP) is 1.62. The molecule has 0 spiro atoms. The number of hydrogen-bond acceptors (Lipinski definition) is 6. The average Bonchev–Trinajstić information content (AvgIpc) is 3.09. The van der Waals surface area contributed by atoms with Gasteiger partial charge in [0.2, 0.25) is 0 Å². The van der Waals surface area contributed by atoms with Crippen molar-refractivity contribution in [3.63, 3.8) is 0 Å². The van der Waals surface area contributed by atoms with Gasteiger partial charge in [0.1, 0.15) is 0 Å². The quantitative estimate of drug-likeness (QED) is 0.772. The first-order valence-corrected chi connectivity index (χ1v) is 7.04. The van der Waals surface area contributed by atoms with Crippen molar-refractivity contribution in [3.05, 3.63) is 23.8 Å². The van der Waals surface area contributed by atoms with Gasteiger partial charge in [-0.3, -0.25) is 0 Å². The first kappa shape index (κ1) is 17.5. The Balaban J connectivity index is 2.74. The van der Waals surface area contributed by atoms with Gasteiger partial charge >= 0.3 is 11.9 Å². The number of rotatable bonds is 5. The molecular formula is C16H20N2O6. The van der Waals surface area contributed by atoms with Gasteiger partial charge < -0.3 is 28.1 Å². The second kappa shape index (κ2) is 6.69. The number of aryl methyl sites for hydroxylation is 2. The van der Waals surface area contributed by atoms with E-state index in [1.54, 1.807) is 35.6 Å². The van der Waals surface area contributed by atoms with Crippen LogP contribution >= 0.6 is 0 Å². The summed E-state index contributed by atoms with van der Waals surface area (Å²) in [6, 6.07) is 0. The lowest BCUT2D eigenvalue weighted by molar-refractivity contribution is 0.0576. The van der Waals surface area contributed by atoms with Crippen LogP contribution in [0.4, 0.5) is 0 Å². The molecule has 0 aliphatic carbocycles. The van der Waals surface area contributed by atoms with Crippen molar-refractivity contribution in [1.82, 2.24) is 9.13 Å². The summed E-state index contributed by atoms with van der Waals surface area (Å²) in [7, 11) is 8.92. The van der Waals surface area contributed by atoms with E-state index < -0.39 is 11.9 Å². The zero-order valence-electron chi connectivity index (χ0n) is 14.5. The molecule has 0 atom stereocenters. The van der Waals surface area contributed by atoms with Crippen molar-refractivity contribution in [1.29, 1.82) is 0 Å². The Hall–Kier alpha value is -2.90. The molecule has 0 fully saturated rings. The number of aromatic nitrogens is 2. The van der Waals surface area contributed by atoms with Crippen molar-refractivity contribution < 1.29 is 28.5 Å². The summed E-state index contributed by atoms with van der Waals surface area (Å²) >= 11 is 0. The summed E-state index contributed by atoms with van der Waals surface area (Å²) in [5.74, 6) is -0.373. The highest BCUT2D eigenvalue weighted by atomic mass is 16.5. The van der Waals surface area contributed by atoms with E-state index in [2.05, 4.69) is 0 Å². The maximum absolute atomic E-state index is 12.0. The van der Waals surface area contributed by atoms with E-state index in [1.165, 1.54) is 28.4 Å². The van der Waals surface area contributed by atoms with Gasteiger partial charge in [0.25, 0.3) is 0 Å². The molecule has 2 heterocycles. The number of nitrogens with zero attached hydrogens (tertiary/aromatic N) is 2. The van der Waals surface area contributed by atoms with Crippen molar-refractivity contribution >= 4 is 11.9 Å². The summed E-state index contributed by atoms with van der Waals surface area (Å²) in [4.78, 5) is 24.0. The molecule has 8 heteroatoms. The summed E-state index contributed by atoms with van der Waals surface area (Å²) in [6.45, 7) is 0. The summed E-state index contributed by atoms with van der Waals surface area (Å²) in [5.41, 5.74) is 1.73. The maximum atomic E-state index is 12.0. The fourth-order valence-electron chi connectivity index (χ4n) is 2.67. The van der Waals surface area contributed by atoms with Gasteiger partial charge in [-0.2, -0.15) is 0 Å². The molecule has 0 saturated carbocycles. The van der Waals surface area contributed by atoms with Crippen LogP contribution in [0.5, 0.6) is 11.5 Å². The van der Waals surface area contributed by atoms with Gasteiger partial charge in [0, 0.05) is 37.6 Å². The summed E-state index contributed by atoms with van der Waals surface area (Å²) < 4.78 is 23.6. The third kappa shape index (κ3) is 2.60. The standard InChI is InChI=1S/C16H20N2O6/c1-17-7-9(13(21-3)11(17)15(19)23-5)10-8-18(2)12(14(10)22-4)16(20)24-6/h7-8H,1-6H3. The second-order valence-corrected chi connectivity index (χ2v) is 5.05. The molecule has 0 amide bonds. The Morgan fingerprint density at radius 1 is 0.750 bits per heavy atom. The Labute approximate surface area is 139 Å². The van der Waals surface area contributed by atoms with Crippen LogP contribution in [0.2, 0.25) is 0 Å². The van der Waals surface area contributed by atoms with Crippen LogP contribution in [0.15, 0.2) is 12.4 Å². The van der Waals surface area contributed by atoms with Crippen LogP contribution in [0.3, 0.4) is 0 Å². The van der Waals surface area contributed by atoms with Crippen LogP contribution < -0.4 is 9.47 Å². The minimum absolute atomic E-state index is 0.264. The van der Waals surface area contributed by atoms with Crippen molar-refractivity contribution in [2.24, 2.45) is 14.1 Å². The molecule has 8 nitrogen and oxygen atoms in total. The lowest BCUT2D eigenvalue weighted by atomic mass is 10.1. The zero-order valence-corrected chi connectivity index (χ0v) is 14.5. The maximum Gasteiger partial charge on any atom is 0.358 e. The van der Waals surface area contributed by atoms with Crippen molar-refractivity contribution in [2.45, 2.75) is 0 Å². The minimum Gasteiger partial charge on any atom is -0.494 e. The predicted molar refractivity (Wildman–Crippen MR) is 85.6 cm³/mol. The van der Waals surface area contributed by atoms with Gasteiger partial charge in [0.15, 0.2) is 22.9 Å². The zero-order chi connectivity index (χ0) is 18.0. The largest absolute Gasteiger partial charge is 0.494 e. The number of hydrogen-bond donors (Lipinski definition) is 0. The Morgan fingerprint density at radius 2 is 1.08 bits per heavy atom.